The molecule has 1 N–H and O–H groups in total. The van der Waals surface area contributed by atoms with E-state index in [1.165, 1.54) is 30.1 Å². The van der Waals surface area contributed by atoms with Crippen LogP contribution in [-0.4, -0.2) is 30.8 Å². The van der Waals surface area contributed by atoms with Gasteiger partial charge in [0.2, 0.25) is 0 Å². The topological polar surface area (TPSA) is 90.3 Å². The van der Waals surface area contributed by atoms with E-state index in [4.69, 9.17) is 4.74 Å². The third-order valence-corrected chi connectivity index (χ3v) is 4.73. The summed E-state index contributed by atoms with van der Waals surface area (Å²) in [5.41, 5.74) is -0.0617. The van der Waals surface area contributed by atoms with E-state index >= 15 is 0 Å². The molecule has 7 nitrogen and oxygen atoms in total. The number of hydrogen-bond donors (Lipinski definition) is 1. The number of hydrogen-bond acceptors (Lipinski definition) is 5. The Hall–Kier alpha value is -1.94. The van der Waals surface area contributed by atoms with Gasteiger partial charge in [0.15, 0.2) is 11.6 Å². The van der Waals surface area contributed by atoms with Crippen molar-refractivity contribution in [2.45, 2.75) is 11.8 Å². The molecule has 0 fully saturated rings. The summed E-state index contributed by atoms with van der Waals surface area (Å²) in [7, 11) is -2.75. The summed E-state index contributed by atoms with van der Waals surface area (Å²) in [6, 6.07) is 3.86. The SMILES string of the molecule is CCOC(=O)c1cn(C)nc1NS(=O)(=O)c1cccc(Br)c1F. The number of carbonyl (C=O) groups is 1. The summed E-state index contributed by atoms with van der Waals surface area (Å²) in [6.45, 7) is 1.75. The molecule has 1 aromatic carbocycles. The second-order valence-electron chi connectivity index (χ2n) is 4.44. The average molecular weight is 406 g/mol. The molecule has 0 bridgehead atoms. The highest BCUT2D eigenvalue weighted by Crippen LogP contribution is 2.25. The first-order chi connectivity index (χ1) is 10.8. The van der Waals surface area contributed by atoms with Crippen molar-refractivity contribution in [2.75, 3.05) is 11.3 Å². The van der Waals surface area contributed by atoms with Crippen LogP contribution in [0.3, 0.4) is 0 Å². The van der Waals surface area contributed by atoms with Gasteiger partial charge in [-0.3, -0.25) is 9.40 Å². The number of aryl methyl sites for hydroxylation is 1. The number of ether oxygens (including phenoxy) is 1. The van der Waals surface area contributed by atoms with E-state index < -0.39 is 26.7 Å². The van der Waals surface area contributed by atoms with E-state index in [1.54, 1.807) is 6.92 Å². The Morgan fingerprint density at radius 1 is 1.48 bits per heavy atom. The molecular weight excluding hydrogens is 393 g/mol. The first-order valence-electron chi connectivity index (χ1n) is 6.44. The zero-order valence-electron chi connectivity index (χ0n) is 12.2. The summed E-state index contributed by atoms with van der Waals surface area (Å²) in [6.07, 6.45) is 1.31. The predicted molar refractivity (Wildman–Crippen MR) is 84.1 cm³/mol. The summed E-state index contributed by atoms with van der Waals surface area (Å²) < 4.78 is 46.9. The molecule has 0 aliphatic heterocycles. The van der Waals surface area contributed by atoms with Crippen molar-refractivity contribution < 1.29 is 22.3 Å². The number of benzene rings is 1. The highest BCUT2D eigenvalue weighted by atomic mass is 79.9. The number of nitrogens with one attached hydrogen (secondary N) is 1. The molecule has 0 aliphatic rings. The monoisotopic (exact) mass is 405 g/mol. The van der Waals surface area contributed by atoms with Crippen LogP contribution in [0, 0.1) is 5.82 Å². The number of rotatable bonds is 5. The fraction of sp³-hybridized carbons (Fsp3) is 0.231. The fourth-order valence-electron chi connectivity index (χ4n) is 1.80. The molecule has 124 valence electrons. The molecule has 23 heavy (non-hydrogen) atoms. The molecule has 2 rings (SSSR count). The maximum atomic E-state index is 14.0. The smallest absolute Gasteiger partial charge is 0.343 e. The van der Waals surface area contributed by atoms with Gasteiger partial charge in [-0.15, -0.1) is 0 Å². The van der Waals surface area contributed by atoms with Crippen LogP contribution in [0.5, 0.6) is 0 Å². The molecule has 0 spiro atoms. The highest BCUT2D eigenvalue weighted by molar-refractivity contribution is 9.10. The third kappa shape index (κ3) is 3.70. The van der Waals surface area contributed by atoms with E-state index in [2.05, 4.69) is 25.8 Å². The Morgan fingerprint density at radius 2 is 2.17 bits per heavy atom. The van der Waals surface area contributed by atoms with Crippen LogP contribution in [0.15, 0.2) is 33.8 Å². The fourth-order valence-corrected chi connectivity index (χ4v) is 3.41. The first kappa shape index (κ1) is 17.4. The summed E-state index contributed by atoms with van der Waals surface area (Å²) in [4.78, 5) is 11.3. The third-order valence-electron chi connectivity index (χ3n) is 2.76. The Labute approximate surface area is 140 Å². The minimum Gasteiger partial charge on any atom is -0.462 e. The van der Waals surface area contributed by atoms with Gasteiger partial charge >= 0.3 is 5.97 Å². The molecule has 2 aromatic rings. The van der Waals surface area contributed by atoms with E-state index in [9.17, 15) is 17.6 Å². The number of sulfonamides is 1. The van der Waals surface area contributed by atoms with Crippen molar-refractivity contribution in [2.24, 2.45) is 7.05 Å². The molecule has 1 aromatic heterocycles. The second-order valence-corrected chi connectivity index (χ2v) is 6.95. The normalized spacial score (nSPS) is 11.3. The van der Waals surface area contributed by atoms with Crippen LogP contribution in [0.4, 0.5) is 10.2 Å². The molecule has 1 heterocycles. The molecule has 0 aliphatic carbocycles. The molecule has 0 saturated carbocycles. The minimum absolute atomic E-state index is 0.00649. The van der Waals surface area contributed by atoms with E-state index in [1.807, 2.05) is 0 Å². The number of nitrogens with zero attached hydrogens (tertiary/aromatic N) is 2. The zero-order chi connectivity index (χ0) is 17.2. The first-order valence-corrected chi connectivity index (χ1v) is 8.71. The molecule has 0 atom stereocenters. The van der Waals surface area contributed by atoms with Gasteiger partial charge in [0.1, 0.15) is 10.5 Å². The second kappa shape index (κ2) is 6.67. The number of esters is 1. The van der Waals surface area contributed by atoms with Gasteiger partial charge in [-0.05, 0) is 35.0 Å². The van der Waals surface area contributed by atoms with Gasteiger partial charge < -0.3 is 4.74 Å². The van der Waals surface area contributed by atoms with Gasteiger partial charge in [0.05, 0.1) is 11.1 Å². The van der Waals surface area contributed by atoms with Crippen LogP contribution < -0.4 is 4.72 Å². The molecule has 0 unspecified atom stereocenters. The van der Waals surface area contributed by atoms with Crippen molar-refractivity contribution in [1.29, 1.82) is 0 Å². The van der Waals surface area contributed by atoms with Crippen molar-refractivity contribution >= 4 is 37.7 Å². The largest absolute Gasteiger partial charge is 0.462 e. The quantitative estimate of drug-likeness (QED) is 0.770. The van der Waals surface area contributed by atoms with Crippen LogP contribution in [0.2, 0.25) is 0 Å². The van der Waals surface area contributed by atoms with Crippen LogP contribution in [0.25, 0.3) is 0 Å². The number of aromatic nitrogens is 2. The van der Waals surface area contributed by atoms with Crippen LogP contribution in [-0.2, 0) is 21.8 Å². The van der Waals surface area contributed by atoms with Gasteiger partial charge in [0.25, 0.3) is 10.0 Å². The van der Waals surface area contributed by atoms with E-state index in [0.29, 0.717) is 0 Å². The molecular formula is C13H13BrFN3O4S. The zero-order valence-corrected chi connectivity index (χ0v) is 14.6. The summed E-state index contributed by atoms with van der Waals surface area (Å²) >= 11 is 2.93. The van der Waals surface area contributed by atoms with Gasteiger partial charge in [-0.1, -0.05) is 6.07 Å². The lowest BCUT2D eigenvalue weighted by Gasteiger charge is -2.09. The highest BCUT2D eigenvalue weighted by Gasteiger charge is 2.25. The molecule has 0 amide bonds. The van der Waals surface area contributed by atoms with E-state index in [-0.39, 0.29) is 22.5 Å². The number of halogens is 2. The van der Waals surface area contributed by atoms with Crippen LogP contribution >= 0.6 is 15.9 Å². The number of carbonyl (C=O) groups excluding carboxylic acids is 1. The molecule has 0 radical (unpaired) electrons. The lowest BCUT2D eigenvalue weighted by atomic mass is 10.3. The lowest BCUT2D eigenvalue weighted by Crippen LogP contribution is -2.17. The van der Waals surface area contributed by atoms with Crippen molar-refractivity contribution in [1.82, 2.24) is 9.78 Å². The maximum Gasteiger partial charge on any atom is 0.343 e. The summed E-state index contributed by atoms with van der Waals surface area (Å²) in [5, 5.41) is 3.87. The summed E-state index contributed by atoms with van der Waals surface area (Å²) in [5.74, 6) is -1.90. The van der Waals surface area contributed by atoms with Crippen molar-refractivity contribution in [3.8, 4) is 0 Å². The van der Waals surface area contributed by atoms with Gasteiger partial charge in [-0.25, -0.2) is 17.6 Å². The minimum atomic E-state index is -4.26. The van der Waals surface area contributed by atoms with Crippen molar-refractivity contribution in [3.63, 3.8) is 0 Å². The lowest BCUT2D eigenvalue weighted by molar-refractivity contribution is 0.0527. The Kier molecular flexibility index (Phi) is 5.05. The average Bonchev–Trinajstić information content (AvgIpc) is 2.82. The van der Waals surface area contributed by atoms with Crippen LogP contribution in [0.1, 0.15) is 17.3 Å². The predicted octanol–water partition coefficient (Wildman–Crippen LogP) is 2.30. The maximum absolute atomic E-state index is 14.0. The van der Waals surface area contributed by atoms with Crippen molar-refractivity contribution in [3.05, 3.63) is 40.2 Å². The Morgan fingerprint density at radius 3 is 2.83 bits per heavy atom. The molecule has 0 saturated heterocycles. The Balaban J connectivity index is 2.42. The molecule has 10 heteroatoms. The van der Waals surface area contributed by atoms with Gasteiger partial charge in [-0.2, -0.15) is 5.10 Å². The Bertz CT molecular complexity index is 851. The van der Waals surface area contributed by atoms with E-state index in [0.717, 1.165) is 6.07 Å². The van der Waals surface area contributed by atoms with Gasteiger partial charge in [0, 0.05) is 13.2 Å². The number of anilines is 1. The standard InChI is InChI=1S/C13H13BrFN3O4S/c1-3-22-13(19)8-7-18(2)16-12(8)17-23(20,21)10-6-4-5-9(14)11(10)15/h4-7H,3H2,1-2H3,(H,16,17).